The number of hydrazine groups is 2. The molecule has 0 unspecified atom stereocenters. The average Bonchev–Trinajstić information content (AvgIpc) is 1.13. The van der Waals surface area contributed by atoms with Gasteiger partial charge in [-0.05, 0) is 107 Å². The van der Waals surface area contributed by atoms with E-state index in [1.807, 2.05) is 119 Å². The Hall–Kier alpha value is -12.0. The largest absolute Gasteiger partial charge is 0.508 e. The zero-order valence-corrected chi connectivity index (χ0v) is 58.5. The van der Waals surface area contributed by atoms with Crippen LogP contribution >= 0.6 is 0 Å². The van der Waals surface area contributed by atoms with Gasteiger partial charge in [-0.15, -0.1) is 12.8 Å². The number of carbonyl (C=O) groups excluding carboxylic acids is 7. The molecule has 7 heterocycles. The number of nitrogens with one attached hydrogen (secondary N) is 3. The van der Waals surface area contributed by atoms with E-state index in [-0.39, 0.29) is 119 Å². The highest BCUT2D eigenvalue weighted by Crippen LogP contribution is 2.34. The van der Waals surface area contributed by atoms with Crippen LogP contribution in [0, 0.1) is 24.7 Å². The van der Waals surface area contributed by atoms with E-state index in [4.69, 9.17) is 17.9 Å². The molecule has 5 fully saturated rings. The summed E-state index contributed by atoms with van der Waals surface area (Å²) in [5.41, 5.74) is 8.24. The summed E-state index contributed by atoms with van der Waals surface area (Å²) in [6.45, 7) is 5.41. The van der Waals surface area contributed by atoms with Crippen LogP contribution in [0.25, 0.3) is 21.8 Å². The molecule has 538 valence electrons. The van der Waals surface area contributed by atoms with Crippen molar-refractivity contribution in [2.24, 2.45) is 0 Å². The molecule has 105 heavy (non-hydrogen) atoms. The zero-order valence-electron chi connectivity index (χ0n) is 58.5. The molecule has 5 saturated heterocycles. The molecular weight excluding hydrogens is 1330 g/mol. The van der Waals surface area contributed by atoms with Gasteiger partial charge in [-0.3, -0.25) is 33.3 Å². The molecular formula is C80H84N16O9. The third kappa shape index (κ3) is 16.1. The van der Waals surface area contributed by atoms with Crippen molar-refractivity contribution >= 4 is 63.4 Å². The number of likely N-dealkylation sites (tertiary alicyclic amines) is 1. The van der Waals surface area contributed by atoms with Gasteiger partial charge >= 0.3 is 12.1 Å². The number of aromatic nitrogens is 4. The van der Waals surface area contributed by atoms with Gasteiger partial charge in [-0.1, -0.05) is 146 Å². The van der Waals surface area contributed by atoms with Gasteiger partial charge in [-0.2, -0.15) is 15.2 Å². The standard InChI is InChI=1S/C41H40N8O5.C39H44N8O4/c1-3-20-42-39(52)33-14-8-7-12-31(33)25-47-35-15-9-13-30(34(35)23-44-47)24-46-26-37-48(36(40(46)53)21-28-16-18-32(50)19-17-28)38(51)27-45(2)49(37)41(54)43-22-29-10-5-4-6-11-29;1-2-18-44-28-37(49)46-35(23-29-14-16-32(48)17-15-29)38(50)43(27-36(46)47(44)39(51)40-24-30-10-5-3-6-11-30)26-31-12-9-13-34-33(31)25-41-45(34)22-21-42-19-7-4-8-20-42/h1,4-19,23,36-37,50H,20-22,24-27H2,2H3,(H,42,52)(H,43,54);1,3,5-6,9-17,25,35-36,48H,4,7-8,18-24,26-28H2,(H,40,51)/t36-,37-;35-,36-/m00/s1. The number of hydrogen-bond donors (Lipinski definition) is 5. The van der Waals surface area contributed by atoms with Crippen molar-refractivity contribution in [2.45, 2.75) is 95.8 Å². The Morgan fingerprint density at radius 1 is 0.514 bits per heavy atom. The topological polar surface area (TPSA) is 261 Å². The number of fused-ring (bicyclic) bond motifs is 4. The van der Waals surface area contributed by atoms with Crippen molar-refractivity contribution in [3.63, 3.8) is 0 Å². The molecule has 0 aliphatic carbocycles. The number of likely N-dealkylation sites (N-methyl/N-ethyl adjacent to an activating group) is 1. The number of phenolic OH excluding ortho intramolecular Hbond substituents is 2. The van der Waals surface area contributed by atoms with Gasteiger partial charge in [0, 0.05) is 68.9 Å². The number of phenols is 2. The molecule has 0 spiro atoms. The van der Waals surface area contributed by atoms with Crippen LogP contribution < -0.4 is 16.0 Å². The fraction of sp³-hybridized carbons (Fsp3) is 0.312. The minimum atomic E-state index is -0.905. The Balaban J connectivity index is 0.000000187. The first-order valence-electron chi connectivity index (χ1n) is 35.4. The third-order valence-corrected chi connectivity index (χ3v) is 20.1. The zero-order chi connectivity index (χ0) is 73.1. The van der Waals surface area contributed by atoms with Crippen molar-refractivity contribution in [1.29, 1.82) is 0 Å². The van der Waals surface area contributed by atoms with Crippen LogP contribution in [0.1, 0.15) is 68.6 Å². The lowest BCUT2D eigenvalue weighted by atomic mass is 9.98. The number of terminal acetylenes is 2. The first-order valence-corrected chi connectivity index (χ1v) is 35.4. The molecule has 5 aliphatic rings. The van der Waals surface area contributed by atoms with Crippen LogP contribution in [0.15, 0.2) is 182 Å². The van der Waals surface area contributed by atoms with Crippen molar-refractivity contribution in [1.82, 2.24) is 80.0 Å². The number of piperidine rings is 1. The Labute approximate surface area is 609 Å². The normalized spacial score (nSPS) is 18.6. The van der Waals surface area contributed by atoms with Gasteiger partial charge in [0.1, 0.15) is 35.9 Å². The Bertz CT molecular complexity index is 4720. The highest BCUT2D eigenvalue weighted by molar-refractivity contribution is 5.96. The molecule has 5 aliphatic heterocycles. The smallest absolute Gasteiger partial charge is 0.334 e. The van der Waals surface area contributed by atoms with Gasteiger partial charge in [0.25, 0.3) is 5.91 Å². The maximum absolute atomic E-state index is 14.5. The number of rotatable bonds is 20. The highest BCUT2D eigenvalue weighted by atomic mass is 16.3. The number of amides is 9. The van der Waals surface area contributed by atoms with Crippen LogP contribution in [0.3, 0.4) is 0 Å². The summed E-state index contributed by atoms with van der Waals surface area (Å²) in [6.07, 6.45) is 17.3. The minimum absolute atomic E-state index is 0.0430. The molecule has 0 bridgehead atoms. The Morgan fingerprint density at radius 3 is 1.56 bits per heavy atom. The molecule has 5 N–H and O–H groups in total. The quantitative estimate of drug-likeness (QED) is 0.0495. The summed E-state index contributed by atoms with van der Waals surface area (Å²) in [5.74, 6) is 3.95. The van der Waals surface area contributed by atoms with Crippen LogP contribution in [0.5, 0.6) is 11.5 Å². The summed E-state index contributed by atoms with van der Waals surface area (Å²) in [7, 11) is 1.69. The number of nitrogens with zero attached hydrogens (tertiary/aromatic N) is 13. The second kappa shape index (κ2) is 32.5. The number of benzene rings is 7. The van der Waals surface area contributed by atoms with Crippen molar-refractivity contribution in [2.75, 3.05) is 66.0 Å². The van der Waals surface area contributed by atoms with Crippen LogP contribution in [-0.4, -0.2) is 206 Å². The number of carbonyl (C=O) groups is 7. The van der Waals surface area contributed by atoms with Crippen molar-refractivity contribution in [3.8, 4) is 36.2 Å². The molecule has 4 atom stereocenters. The predicted octanol–water partition coefficient (Wildman–Crippen LogP) is 6.75. The summed E-state index contributed by atoms with van der Waals surface area (Å²) in [6, 6.07) is 48.9. The van der Waals surface area contributed by atoms with Gasteiger partial charge in [0.15, 0.2) is 0 Å². The van der Waals surface area contributed by atoms with E-state index in [1.54, 1.807) is 104 Å². The predicted molar refractivity (Wildman–Crippen MR) is 394 cm³/mol. The Kier molecular flexibility index (Phi) is 22.1. The third-order valence-electron chi connectivity index (χ3n) is 20.1. The average molecular weight is 1410 g/mol. The van der Waals surface area contributed by atoms with Crippen LogP contribution in [-0.2, 0) is 71.3 Å². The molecule has 7 aromatic carbocycles. The maximum Gasteiger partial charge on any atom is 0.334 e. The lowest BCUT2D eigenvalue weighted by Gasteiger charge is -2.55. The molecule has 25 heteroatoms. The van der Waals surface area contributed by atoms with E-state index in [1.165, 1.54) is 29.3 Å². The fourth-order valence-electron chi connectivity index (χ4n) is 14.9. The van der Waals surface area contributed by atoms with Crippen LogP contribution in [0.2, 0.25) is 0 Å². The van der Waals surface area contributed by atoms with Crippen molar-refractivity contribution < 1.29 is 43.8 Å². The van der Waals surface area contributed by atoms with Gasteiger partial charge in [0.2, 0.25) is 23.6 Å². The van der Waals surface area contributed by atoms with E-state index in [0.717, 1.165) is 86.9 Å². The Morgan fingerprint density at radius 2 is 1.01 bits per heavy atom. The minimum Gasteiger partial charge on any atom is -0.508 e. The van der Waals surface area contributed by atoms with Crippen LogP contribution in [0.4, 0.5) is 9.59 Å². The number of hydrogen-bond acceptors (Lipinski definition) is 14. The highest BCUT2D eigenvalue weighted by Gasteiger charge is 2.53. The van der Waals surface area contributed by atoms with E-state index in [0.29, 0.717) is 12.1 Å². The molecule has 9 aromatic rings. The summed E-state index contributed by atoms with van der Waals surface area (Å²) < 4.78 is 3.85. The maximum atomic E-state index is 14.5. The van der Waals surface area contributed by atoms with Gasteiger partial charge in [0.05, 0.1) is 75.8 Å². The van der Waals surface area contributed by atoms with E-state index >= 15 is 0 Å². The lowest BCUT2D eigenvalue weighted by Crippen LogP contribution is -2.76. The molecule has 0 radical (unpaired) electrons. The monoisotopic (exact) mass is 1410 g/mol. The fourth-order valence-corrected chi connectivity index (χ4v) is 14.9. The molecule has 9 amide bonds. The van der Waals surface area contributed by atoms with E-state index in [2.05, 4.69) is 43.9 Å². The van der Waals surface area contributed by atoms with E-state index in [9.17, 15) is 43.8 Å². The number of piperazine rings is 2. The number of aromatic hydroxyl groups is 2. The second-order valence-electron chi connectivity index (χ2n) is 26.9. The first kappa shape index (κ1) is 71.4. The molecule has 14 rings (SSSR count). The van der Waals surface area contributed by atoms with Crippen molar-refractivity contribution in [3.05, 3.63) is 227 Å². The lowest BCUT2D eigenvalue weighted by molar-refractivity contribution is -0.189. The molecule has 2 aromatic heterocycles. The van der Waals surface area contributed by atoms with E-state index < -0.39 is 36.5 Å². The summed E-state index contributed by atoms with van der Waals surface area (Å²) in [5, 5.41) is 46.0. The van der Waals surface area contributed by atoms with Gasteiger partial charge < -0.3 is 50.7 Å². The van der Waals surface area contributed by atoms with Gasteiger partial charge in [-0.25, -0.2) is 24.6 Å². The summed E-state index contributed by atoms with van der Waals surface area (Å²) >= 11 is 0. The summed E-state index contributed by atoms with van der Waals surface area (Å²) in [4.78, 5) is 107. The number of urea groups is 2. The first-order chi connectivity index (χ1) is 51.1. The SMILES string of the molecule is C#CCN1CC(=O)N2[C@@H](Cc3ccc(O)cc3)C(=O)N(Cc3cccc4c3cnn4CCN3CCCCC3)C[C@@H]2N1C(=O)NCc1ccccc1.C#CCNC(=O)c1ccccc1Cn1ncc2c(CN3C[C@H]4N(C(=O)CN(C)N4C(=O)NCc4ccccc4)[C@@H](Cc4ccc(O)cc4)C3=O)cccc21. The second-order valence-corrected chi connectivity index (χ2v) is 26.9. The molecule has 25 nitrogen and oxygen atoms in total. The molecule has 0 saturated carbocycles.